The molecular weight excluding hydrogens is 510 g/mol. The first-order chi connectivity index (χ1) is 16.9. The second kappa shape index (κ2) is 10.0. The van der Waals surface area contributed by atoms with Gasteiger partial charge in [-0.3, -0.25) is 9.69 Å². The van der Waals surface area contributed by atoms with E-state index in [0.717, 1.165) is 23.1 Å². The quantitative estimate of drug-likeness (QED) is 0.447. The maximum Gasteiger partial charge on any atom is 0.247 e. The number of aromatic nitrogens is 1. The third-order valence-electron chi connectivity index (χ3n) is 6.40. The Hall–Kier alpha value is -2.24. The van der Waals surface area contributed by atoms with Gasteiger partial charge in [-0.05, 0) is 68.1 Å². The number of anilines is 1. The minimum absolute atomic E-state index is 0.108. The van der Waals surface area contributed by atoms with E-state index in [2.05, 4.69) is 0 Å². The molecule has 0 N–H and O–H groups in total. The molecule has 2 atom stereocenters. The Morgan fingerprint density at radius 3 is 2.74 bits per heavy atom. The molecule has 186 valence electrons. The molecule has 2 aromatic carbocycles. The van der Waals surface area contributed by atoms with Crippen molar-refractivity contribution in [3.63, 3.8) is 0 Å². The van der Waals surface area contributed by atoms with Gasteiger partial charge in [0, 0.05) is 18.2 Å². The molecule has 35 heavy (non-hydrogen) atoms. The molecule has 8 nitrogen and oxygen atoms in total. The van der Waals surface area contributed by atoms with Crippen molar-refractivity contribution in [2.24, 2.45) is 0 Å². The number of halogens is 1. The lowest BCUT2D eigenvalue weighted by Gasteiger charge is -2.29. The summed E-state index contributed by atoms with van der Waals surface area (Å²) in [5.74, 6) is 0.433. The maximum atomic E-state index is 14.0. The van der Waals surface area contributed by atoms with Gasteiger partial charge in [-0.15, -0.1) is 0 Å². The van der Waals surface area contributed by atoms with Crippen molar-refractivity contribution in [1.29, 1.82) is 0 Å². The number of fused-ring (bicyclic) bond motifs is 1. The van der Waals surface area contributed by atoms with E-state index in [4.69, 9.17) is 26.1 Å². The van der Waals surface area contributed by atoms with Crippen LogP contribution in [0.1, 0.15) is 25.7 Å². The SMILES string of the molecule is COc1ccc2nc(N(CC3CCCO3)C(=O)C3CCCN3S(=O)(=O)c3ccc(Cl)cc3)sc2c1. The summed E-state index contributed by atoms with van der Waals surface area (Å²) in [4.78, 5) is 20.4. The Morgan fingerprint density at radius 1 is 1.23 bits per heavy atom. The third kappa shape index (κ3) is 4.90. The van der Waals surface area contributed by atoms with Crippen LogP contribution in [-0.4, -0.2) is 62.6 Å². The van der Waals surface area contributed by atoms with E-state index < -0.39 is 16.1 Å². The number of rotatable bonds is 7. The van der Waals surface area contributed by atoms with Crippen molar-refractivity contribution in [2.75, 3.05) is 31.7 Å². The number of amides is 1. The van der Waals surface area contributed by atoms with Crippen molar-refractivity contribution in [3.8, 4) is 5.75 Å². The molecule has 2 saturated heterocycles. The average Bonchev–Trinajstić information content (AvgIpc) is 3.62. The van der Waals surface area contributed by atoms with Gasteiger partial charge in [0.2, 0.25) is 15.9 Å². The van der Waals surface area contributed by atoms with Gasteiger partial charge in [0.1, 0.15) is 11.8 Å². The number of benzene rings is 2. The highest BCUT2D eigenvalue weighted by molar-refractivity contribution is 7.89. The Morgan fingerprint density at radius 2 is 2.03 bits per heavy atom. The molecule has 3 heterocycles. The predicted molar refractivity (Wildman–Crippen MR) is 136 cm³/mol. The van der Waals surface area contributed by atoms with Gasteiger partial charge in [-0.25, -0.2) is 13.4 Å². The van der Waals surface area contributed by atoms with E-state index in [-0.39, 0.29) is 23.5 Å². The van der Waals surface area contributed by atoms with Crippen LogP contribution in [0, 0.1) is 0 Å². The number of methoxy groups -OCH3 is 1. The van der Waals surface area contributed by atoms with Crippen LogP contribution in [0.5, 0.6) is 5.75 Å². The first-order valence-corrected chi connectivity index (χ1v) is 14.2. The largest absolute Gasteiger partial charge is 0.497 e. The lowest BCUT2D eigenvalue weighted by Crippen LogP contribution is -2.49. The number of sulfonamides is 1. The lowest BCUT2D eigenvalue weighted by molar-refractivity contribution is -0.122. The fraction of sp³-hybridized carbons (Fsp3) is 0.417. The summed E-state index contributed by atoms with van der Waals surface area (Å²) in [7, 11) is -2.26. The van der Waals surface area contributed by atoms with Gasteiger partial charge in [0.25, 0.3) is 0 Å². The van der Waals surface area contributed by atoms with E-state index in [1.54, 1.807) is 24.1 Å². The highest BCUT2D eigenvalue weighted by Gasteiger charge is 2.42. The van der Waals surface area contributed by atoms with Crippen LogP contribution in [-0.2, 0) is 19.6 Å². The van der Waals surface area contributed by atoms with Crippen LogP contribution in [0.4, 0.5) is 5.13 Å². The minimum Gasteiger partial charge on any atom is -0.497 e. The Bertz CT molecular complexity index is 1320. The third-order valence-corrected chi connectivity index (χ3v) is 9.62. The molecule has 2 unspecified atom stereocenters. The molecule has 0 spiro atoms. The fourth-order valence-corrected chi connectivity index (χ4v) is 7.37. The van der Waals surface area contributed by atoms with Gasteiger partial charge in [0.15, 0.2) is 5.13 Å². The summed E-state index contributed by atoms with van der Waals surface area (Å²) >= 11 is 7.34. The van der Waals surface area contributed by atoms with E-state index in [0.29, 0.717) is 41.9 Å². The van der Waals surface area contributed by atoms with Crippen LogP contribution in [0.2, 0.25) is 5.02 Å². The van der Waals surface area contributed by atoms with Gasteiger partial charge in [-0.1, -0.05) is 22.9 Å². The van der Waals surface area contributed by atoms with Crippen LogP contribution < -0.4 is 9.64 Å². The zero-order valence-electron chi connectivity index (χ0n) is 19.2. The first kappa shape index (κ1) is 24.5. The minimum atomic E-state index is -3.86. The molecule has 5 rings (SSSR count). The molecule has 2 aliphatic rings. The predicted octanol–water partition coefficient (Wildman–Crippen LogP) is 4.32. The molecule has 2 aliphatic heterocycles. The average molecular weight is 536 g/mol. The van der Waals surface area contributed by atoms with Crippen molar-refractivity contribution in [3.05, 3.63) is 47.5 Å². The smallest absolute Gasteiger partial charge is 0.247 e. The Labute approximate surface area is 213 Å². The van der Waals surface area contributed by atoms with Crippen molar-refractivity contribution in [2.45, 2.75) is 42.7 Å². The van der Waals surface area contributed by atoms with E-state index in [1.165, 1.54) is 27.8 Å². The van der Waals surface area contributed by atoms with Crippen molar-refractivity contribution >= 4 is 54.2 Å². The highest BCUT2D eigenvalue weighted by Crippen LogP contribution is 2.35. The summed E-state index contributed by atoms with van der Waals surface area (Å²) < 4.78 is 40.2. The fourth-order valence-electron chi connectivity index (χ4n) is 4.59. The topological polar surface area (TPSA) is 89.0 Å². The number of hydrogen-bond acceptors (Lipinski definition) is 7. The van der Waals surface area contributed by atoms with E-state index in [1.807, 2.05) is 18.2 Å². The van der Waals surface area contributed by atoms with Crippen LogP contribution >= 0.6 is 22.9 Å². The van der Waals surface area contributed by atoms with E-state index in [9.17, 15) is 13.2 Å². The Balaban J connectivity index is 1.48. The second-order valence-corrected chi connectivity index (χ2v) is 12.0. The van der Waals surface area contributed by atoms with E-state index >= 15 is 0 Å². The van der Waals surface area contributed by atoms with Crippen molar-refractivity contribution < 1.29 is 22.7 Å². The molecule has 0 bridgehead atoms. The zero-order chi connectivity index (χ0) is 24.6. The first-order valence-electron chi connectivity index (χ1n) is 11.5. The lowest BCUT2D eigenvalue weighted by atomic mass is 10.2. The van der Waals surface area contributed by atoms with Crippen LogP contribution in [0.15, 0.2) is 47.4 Å². The summed E-state index contributed by atoms with van der Waals surface area (Å²) in [6, 6.07) is 10.8. The summed E-state index contributed by atoms with van der Waals surface area (Å²) in [5.41, 5.74) is 0.757. The number of hydrogen-bond donors (Lipinski definition) is 0. The Kier molecular flexibility index (Phi) is 7.00. The second-order valence-electron chi connectivity index (χ2n) is 8.64. The van der Waals surface area contributed by atoms with Gasteiger partial charge in [-0.2, -0.15) is 4.31 Å². The molecule has 0 radical (unpaired) electrons. The molecule has 0 saturated carbocycles. The zero-order valence-corrected chi connectivity index (χ0v) is 21.6. The molecule has 0 aliphatic carbocycles. The number of ether oxygens (including phenoxy) is 2. The number of nitrogens with zero attached hydrogens (tertiary/aromatic N) is 3. The molecule has 1 aromatic heterocycles. The monoisotopic (exact) mass is 535 g/mol. The van der Waals surface area contributed by atoms with Gasteiger partial charge < -0.3 is 9.47 Å². The number of carbonyl (C=O) groups is 1. The molecule has 11 heteroatoms. The summed E-state index contributed by atoms with van der Waals surface area (Å²) in [6.45, 7) is 1.28. The van der Waals surface area contributed by atoms with Crippen LogP contribution in [0.3, 0.4) is 0 Å². The van der Waals surface area contributed by atoms with Gasteiger partial charge in [0.05, 0.1) is 34.9 Å². The van der Waals surface area contributed by atoms with Gasteiger partial charge >= 0.3 is 0 Å². The maximum absolute atomic E-state index is 14.0. The number of carbonyl (C=O) groups excluding carboxylic acids is 1. The van der Waals surface area contributed by atoms with Crippen LogP contribution in [0.25, 0.3) is 10.2 Å². The standard InChI is InChI=1S/C24H26ClN3O5S2/c1-32-17-8-11-20-22(14-17)34-24(26-20)27(15-18-4-3-13-33-18)23(29)21-5-2-12-28(21)35(30,31)19-9-6-16(25)7-10-19/h6-11,14,18,21H,2-5,12-13,15H2,1H3. The number of thiazole rings is 1. The normalized spacial score (nSPS) is 21.0. The van der Waals surface area contributed by atoms with Crippen molar-refractivity contribution in [1.82, 2.24) is 9.29 Å². The molecular formula is C24H26ClN3O5S2. The molecule has 2 fully saturated rings. The molecule has 1 amide bonds. The summed E-state index contributed by atoms with van der Waals surface area (Å²) in [5, 5.41) is 0.984. The highest BCUT2D eigenvalue weighted by atomic mass is 35.5. The summed E-state index contributed by atoms with van der Waals surface area (Å²) in [6.07, 6.45) is 2.73. The molecule has 3 aromatic rings.